The summed E-state index contributed by atoms with van der Waals surface area (Å²) in [6.45, 7) is 1.17. The van der Waals surface area contributed by atoms with Gasteiger partial charge in [0.25, 0.3) is 17.6 Å². The molecule has 5 rings (SSSR count). The number of nitrogens with zero attached hydrogens (tertiary/aromatic N) is 6. The van der Waals surface area contributed by atoms with Crippen molar-refractivity contribution >= 4 is 45.6 Å². The lowest BCUT2D eigenvalue weighted by Gasteiger charge is -2.34. The predicted molar refractivity (Wildman–Crippen MR) is 138 cm³/mol. The number of rotatable bonds is 6. The molecule has 0 aliphatic carbocycles. The second-order valence-corrected chi connectivity index (χ2v) is 9.52. The number of piperazine rings is 1. The minimum atomic E-state index is -2.49. The van der Waals surface area contributed by atoms with E-state index in [1.165, 1.54) is 36.7 Å². The Morgan fingerprint density at radius 3 is 2.34 bits per heavy atom. The minimum absolute atomic E-state index is 0.107. The number of anilines is 1. The van der Waals surface area contributed by atoms with Gasteiger partial charge in [-0.15, -0.1) is 0 Å². The van der Waals surface area contributed by atoms with Crippen LogP contribution >= 0.6 is 0 Å². The quantitative estimate of drug-likeness (QED) is 0.222. The second-order valence-electron chi connectivity index (χ2n) is 8.54. The van der Waals surface area contributed by atoms with E-state index in [0.29, 0.717) is 40.9 Å². The molecule has 3 aromatic heterocycles. The number of aromatic amines is 1. The first-order valence-corrected chi connectivity index (χ1v) is 12.7. The van der Waals surface area contributed by atoms with Crippen molar-refractivity contribution in [1.29, 1.82) is 0 Å². The molecule has 0 radical (unpaired) electrons. The van der Waals surface area contributed by atoms with Gasteiger partial charge in [0.2, 0.25) is 0 Å². The van der Waals surface area contributed by atoms with Crippen LogP contribution in [0.1, 0.15) is 20.7 Å². The molecule has 1 aromatic carbocycles. The summed E-state index contributed by atoms with van der Waals surface area (Å²) in [6, 6.07) is 10.6. The summed E-state index contributed by atoms with van der Waals surface area (Å²) in [5.41, 5.74) is 2.02. The number of amides is 2. The smallest absolute Gasteiger partial charge is 0.295 e. The summed E-state index contributed by atoms with van der Waals surface area (Å²) in [5.74, 6) is -1.29. The van der Waals surface area contributed by atoms with Crippen LogP contribution in [0.3, 0.4) is 0 Å². The van der Waals surface area contributed by atoms with Crippen LogP contribution in [0.2, 0.25) is 0 Å². The summed E-state index contributed by atoms with van der Waals surface area (Å²) in [5, 5.41) is 0.495. The Kier molecular flexibility index (Phi) is 6.94. The van der Waals surface area contributed by atoms with Crippen molar-refractivity contribution in [2.24, 2.45) is 0 Å². The van der Waals surface area contributed by atoms with Gasteiger partial charge in [-0.3, -0.25) is 27.9 Å². The number of pyridine rings is 1. The number of carbonyl (C=O) groups is 3. The molecule has 194 valence electrons. The molecule has 1 fully saturated rings. The Balaban J connectivity index is 1.31. The summed E-state index contributed by atoms with van der Waals surface area (Å²) in [7, 11) is 1.34. The molecule has 4 heterocycles. The monoisotopic (exact) mass is 532 g/mol. The maximum Gasteiger partial charge on any atom is 0.295 e. The summed E-state index contributed by atoms with van der Waals surface area (Å²) >= 11 is -2.49. The molecule has 2 amide bonds. The zero-order valence-electron chi connectivity index (χ0n) is 20.2. The van der Waals surface area contributed by atoms with E-state index in [9.17, 15) is 23.1 Å². The molecule has 4 aromatic rings. The maximum atomic E-state index is 13.2. The first-order chi connectivity index (χ1) is 18.3. The highest BCUT2D eigenvalue weighted by Gasteiger charge is 2.30. The molecule has 1 atom stereocenters. The van der Waals surface area contributed by atoms with Crippen LogP contribution in [0.25, 0.3) is 22.3 Å². The van der Waals surface area contributed by atoms with E-state index in [4.69, 9.17) is 0 Å². The number of carbonyl (C=O) groups excluding carboxylic acids is 3. The van der Waals surface area contributed by atoms with Crippen molar-refractivity contribution in [3.05, 3.63) is 72.3 Å². The van der Waals surface area contributed by atoms with Crippen LogP contribution in [0, 0.1) is 0 Å². The lowest BCUT2D eigenvalue weighted by Crippen LogP contribution is -2.52. The van der Waals surface area contributed by atoms with Crippen LogP contribution in [-0.2, 0) is 16.1 Å². The van der Waals surface area contributed by atoms with Crippen LogP contribution in [0.4, 0.5) is 5.82 Å². The van der Waals surface area contributed by atoms with E-state index in [1.54, 1.807) is 35.2 Å². The van der Waals surface area contributed by atoms with E-state index in [-0.39, 0.29) is 30.4 Å². The maximum absolute atomic E-state index is 13.2. The normalized spacial score (nSPS) is 14.4. The second kappa shape index (κ2) is 10.5. The molecule has 1 N–H and O–H groups in total. The lowest BCUT2D eigenvalue weighted by atomic mass is 10.1. The topological polar surface area (TPSA) is 156 Å². The van der Waals surface area contributed by atoms with Crippen molar-refractivity contribution in [2.75, 3.05) is 37.5 Å². The fourth-order valence-electron chi connectivity index (χ4n) is 4.25. The largest absolute Gasteiger partial charge is 0.755 e. The molecular weight excluding hydrogens is 510 g/mol. The van der Waals surface area contributed by atoms with Gasteiger partial charge >= 0.3 is 0 Å². The number of Topliss-reactive ketones (excluding diaryl/α,β-unsaturated/α-hetero) is 1. The average Bonchev–Trinajstić information content (AvgIpc) is 3.40. The molecule has 0 spiro atoms. The molecule has 1 unspecified atom stereocenters. The lowest BCUT2D eigenvalue weighted by molar-refractivity contribution is -0.127. The van der Waals surface area contributed by atoms with Crippen molar-refractivity contribution < 1.29 is 23.1 Å². The number of hydrogen-bond donors (Lipinski definition) is 1. The Morgan fingerprint density at radius 1 is 0.974 bits per heavy atom. The van der Waals surface area contributed by atoms with Gasteiger partial charge in [-0.25, -0.2) is 9.97 Å². The Morgan fingerprint density at radius 2 is 1.68 bits per heavy atom. The molecule has 1 aliphatic rings. The standard InChI is InChI=1S/C25H23N7O5S/c1-30(38(36)37)20-15-27-19(14-28-20)22-21-17(7-8-26-22)18(13-29-21)23(33)25(35)32-11-9-31(10-12-32)24(34)16-5-3-2-4-6-16/h2-8,13-15,29H,9-12H2,1H3,(H,36,37)/p-1. The first kappa shape index (κ1) is 25.2. The van der Waals surface area contributed by atoms with Crippen molar-refractivity contribution in [3.63, 3.8) is 0 Å². The summed E-state index contributed by atoms with van der Waals surface area (Å²) in [4.78, 5) is 57.8. The number of fused-ring (bicyclic) bond motifs is 1. The van der Waals surface area contributed by atoms with Crippen LogP contribution in [0.5, 0.6) is 0 Å². The van der Waals surface area contributed by atoms with Crippen LogP contribution in [-0.4, -0.2) is 89.3 Å². The summed E-state index contributed by atoms with van der Waals surface area (Å²) < 4.78 is 23.2. The highest BCUT2D eigenvalue weighted by Crippen LogP contribution is 2.27. The highest BCUT2D eigenvalue weighted by molar-refractivity contribution is 7.80. The van der Waals surface area contributed by atoms with Crippen LogP contribution < -0.4 is 4.31 Å². The van der Waals surface area contributed by atoms with Crippen molar-refractivity contribution in [1.82, 2.24) is 29.7 Å². The third-order valence-electron chi connectivity index (χ3n) is 6.34. The van der Waals surface area contributed by atoms with Gasteiger partial charge in [0.15, 0.2) is 5.82 Å². The van der Waals surface area contributed by atoms with Crippen LogP contribution in [0.15, 0.2) is 61.2 Å². The highest BCUT2D eigenvalue weighted by atomic mass is 32.2. The zero-order valence-corrected chi connectivity index (χ0v) is 21.1. The van der Waals surface area contributed by atoms with E-state index in [0.717, 1.165) is 4.31 Å². The number of ketones is 1. The Bertz CT molecular complexity index is 1530. The van der Waals surface area contributed by atoms with Gasteiger partial charge < -0.3 is 19.3 Å². The minimum Gasteiger partial charge on any atom is -0.755 e. The molecule has 38 heavy (non-hydrogen) atoms. The number of hydrogen-bond acceptors (Lipinski definition) is 8. The van der Waals surface area contributed by atoms with Gasteiger partial charge in [-0.2, -0.15) is 0 Å². The Hall–Kier alpha value is -4.49. The Labute approximate surface area is 219 Å². The van der Waals surface area contributed by atoms with Crippen molar-refractivity contribution in [3.8, 4) is 11.4 Å². The molecule has 12 nitrogen and oxygen atoms in total. The molecule has 0 saturated carbocycles. The average molecular weight is 533 g/mol. The van der Waals surface area contributed by atoms with Gasteiger partial charge in [-0.05, 0) is 18.2 Å². The number of nitrogens with one attached hydrogen (secondary N) is 1. The predicted octanol–water partition coefficient (Wildman–Crippen LogP) is 1.42. The van der Waals surface area contributed by atoms with Crippen molar-refractivity contribution in [2.45, 2.75) is 0 Å². The number of benzene rings is 1. The number of H-pyrrole nitrogens is 1. The SMILES string of the molecule is CN(c1cnc(-c2nccc3c(C(=O)C(=O)N4CCN(C(=O)c5ccccc5)CC4)c[nH]c23)cn1)S(=O)[O-]. The van der Waals surface area contributed by atoms with E-state index in [2.05, 4.69) is 19.9 Å². The molecule has 1 aliphatic heterocycles. The van der Waals surface area contributed by atoms with E-state index >= 15 is 0 Å². The summed E-state index contributed by atoms with van der Waals surface area (Å²) in [6.07, 6.45) is 5.63. The van der Waals surface area contributed by atoms with Gasteiger partial charge in [0.1, 0.15) is 11.4 Å². The molecule has 13 heteroatoms. The van der Waals surface area contributed by atoms with Gasteiger partial charge in [0.05, 0.1) is 23.5 Å². The number of aromatic nitrogens is 4. The fourth-order valence-corrected chi connectivity index (χ4v) is 4.50. The molecule has 0 bridgehead atoms. The van der Waals surface area contributed by atoms with E-state index in [1.807, 2.05) is 6.07 Å². The third kappa shape index (κ3) is 4.76. The molecule has 1 saturated heterocycles. The van der Waals surface area contributed by atoms with Gasteiger partial charge in [-0.1, -0.05) is 18.2 Å². The first-order valence-electron chi connectivity index (χ1n) is 11.6. The zero-order chi connectivity index (χ0) is 26.8. The molecular formula is C25H22N7O5S-. The van der Waals surface area contributed by atoms with Gasteiger partial charge in [0, 0.05) is 67.8 Å². The van der Waals surface area contributed by atoms with E-state index < -0.39 is 23.0 Å². The third-order valence-corrected chi connectivity index (χ3v) is 6.98. The fraction of sp³-hybridized carbons (Fsp3) is 0.200.